The predicted molar refractivity (Wildman–Crippen MR) is 147 cm³/mol. The molecule has 4 aromatic rings. The van der Waals surface area contributed by atoms with Crippen LogP contribution in [0.5, 0.6) is 5.75 Å². The lowest BCUT2D eigenvalue weighted by Crippen LogP contribution is -2.52. The van der Waals surface area contributed by atoms with E-state index in [1.165, 1.54) is 0 Å². The Kier molecular flexibility index (Phi) is 8.75. The van der Waals surface area contributed by atoms with Crippen molar-refractivity contribution in [2.45, 2.75) is 43.5 Å². The van der Waals surface area contributed by atoms with Crippen LogP contribution >= 0.6 is 0 Å². The van der Waals surface area contributed by atoms with Crippen LogP contribution in [0.3, 0.4) is 0 Å². The Balaban J connectivity index is 1.27. The van der Waals surface area contributed by atoms with Crippen LogP contribution in [0.15, 0.2) is 71.5 Å². The van der Waals surface area contributed by atoms with Crippen LogP contribution in [0.1, 0.15) is 28.1 Å². The summed E-state index contributed by atoms with van der Waals surface area (Å²) in [4.78, 5) is 41.6. The number of aliphatic hydroxyl groups excluding tert-OH is 2. The van der Waals surface area contributed by atoms with Crippen molar-refractivity contribution in [2.24, 2.45) is 5.73 Å². The fraction of sp³-hybridized carbons (Fsp3) is 0.286. The lowest BCUT2D eigenvalue weighted by atomic mass is 10.0. The van der Waals surface area contributed by atoms with Gasteiger partial charge in [-0.3, -0.25) is 14.4 Å². The molecule has 0 unspecified atom stereocenters. The summed E-state index contributed by atoms with van der Waals surface area (Å²) < 4.78 is 17.2. The minimum atomic E-state index is -1.67. The van der Waals surface area contributed by atoms with E-state index in [2.05, 4.69) is 25.9 Å². The van der Waals surface area contributed by atoms with E-state index in [-0.39, 0.29) is 18.8 Å². The van der Waals surface area contributed by atoms with Crippen LogP contribution in [-0.2, 0) is 27.3 Å². The highest BCUT2D eigenvalue weighted by atomic mass is 16.6. The van der Waals surface area contributed by atoms with Crippen LogP contribution in [0.4, 0.5) is 0 Å². The SMILES string of the molecule is COc1cccc(-c2cc(CNC(=O)[C@@H](Cc3ccccc3)NC(=O)[C@H]3O[C@@H](n4cnc(C(N)=O)n4)[C@H](O)[C@@H]3O)no2)c1. The number of carbonyl (C=O) groups is 3. The molecule has 224 valence electrons. The number of hydrogen-bond donors (Lipinski definition) is 5. The van der Waals surface area contributed by atoms with E-state index in [0.717, 1.165) is 22.1 Å². The lowest BCUT2D eigenvalue weighted by molar-refractivity contribution is -0.141. The molecule has 43 heavy (non-hydrogen) atoms. The third-order valence-corrected chi connectivity index (χ3v) is 6.76. The largest absolute Gasteiger partial charge is 0.497 e. The fourth-order valence-electron chi connectivity index (χ4n) is 4.53. The van der Waals surface area contributed by atoms with Crippen LogP contribution in [0.25, 0.3) is 11.3 Å². The first-order chi connectivity index (χ1) is 20.7. The van der Waals surface area contributed by atoms with Crippen LogP contribution in [0.2, 0.25) is 0 Å². The van der Waals surface area contributed by atoms with Crippen molar-refractivity contribution in [3.63, 3.8) is 0 Å². The molecule has 3 heterocycles. The Morgan fingerprint density at radius 2 is 1.88 bits per heavy atom. The second-order valence-electron chi connectivity index (χ2n) is 9.72. The van der Waals surface area contributed by atoms with Crippen molar-refractivity contribution in [2.75, 3.05) is 7.11 Å². The lowest BCUT2D eigenvalue weighted by Gasteiger charge is -2.21. The molecule has 6 N–H and O–H groups in total. The second-order valence-corrected chi connectivity index (χ2v) is 9.72. The molecule has 1 saturated heterocycles. The van der Waals surface area contributed by atoms with E-state index in [1.54, 1.807) is 49.6 Å². The maximum Gasteiger partial charge on any atom is 0.288 e. The van der Waals surface area contributed by atoms with Gasteiger partial charge in [-0.1, -0.05) is 47.6 Å². The molecule has 0 aliphatic carbocycles. The maximum atomic E-state index is 13.3. The zero-order chi connectivity index (χ0) is 30.5. The van der Waals surface area contributed by atoms with E-state index in [4.69, 9.17) is 19.7 Å². The van der Waals surface area contributed by atoms with E-state index in [1.807, 2.05) is 18.2 Å². The molecule has 0 spiro atoms. The second kappa shape index (κ2) is 12.8. The summed E-state index contributed by atoms with van der Waals surface area (Å²) in [6.45, 7) is 0.00526. The molecule has 1 aliphatic rings. The number of nitrogens with one attached hydrogen (secondary N) is 2. The fourth-order valence-corrected chi connectivity index (χ4v) is 4.53. The Hall–Kier alpha value is -5.12. The third-order valence-electron chi connectivity index (χ3n) is 6.76. The molecule has 15 nitrogen and oxygen atoms in total. The third kappa shape index (κ3) is 6.69. The zero-order valence-corrected chi connectivity index (χ0v) is 22.9. The standard InChI is InChI=1S/C28H29N7O8/c1-41-18-9-5-8-16(11-18)20-12-17(34-43-20)13-30-26(39)19(10-15-6-3-2-4-7-15)32-27(40)23-21(36)22(37)28(42-23)35-14-31-25(33-35)24(29)38/h2-9,11-12,14,19,21-23,28,36-37H,10,13H2,1H3,(H2,29,38)(H,30,39)(H,32,40)/t19-,21+,22-,23+,28-/m1/s1. The van der Waals surface area contributed by atoms with Crippen molar-refractivity contribution in [3.8, 4) is 17.1 Å². The van der Waals surface area contributed by atoms with Gasteiger partial charge in [-0.2, -0.15) is 0 Å². The van der Waals surface area contributed by atoms with Gasteiger partial charge in [-0.15, -0.1) is 5.10 Å². The molecular weight excluding hydrogens is 562 g/mol. The normalized spacial score (nSPS) is 20.3. The quantitative estimate of drug-likeness (QED) is 0.153. The Morgan fingerprint density at radius 3 is 2.60 bits per heavy atom. The molecule has 5 rings (SSSR count). The molecule has 0 saturated carbocycles. The molecule has 2 aromatic heterocycles. The highest BCUT2D eigenvalue weighted by Gasteiger charge is 2.48. The summed E-state index contributed by atoms with van der Waals surface area (Å²) in [6.07, 6.45) is -4.96. The van der Waals surface area contributed by atoms with Gasteiger partial charge in [0.2, 0.25) is 11.7 Å². The van der Waals surface area contributed by atoms with Crippen LogP contribution < -0.4 is 21.1 Å². The zero-order valence-electron chi connectivity index (χ0n) is 22.9. The van der Waals surface area contributed by atoms with Gasteiger partial charge in [0.25, 0.3) is 11.8 Å². The number of rotatable bonds is 11. The Morgan fingerprint density at radius 1 is 1.09 bits per heavy atom. The minimum Gasteiger partial charge on any atom is -0.497 e. The van der Waals surface area contributed by atoms with Crippen LogP contribution in [-0.4, -0.2) is 79.3 Å². The summed E-state index contributed by atoms with van der Waals surface area (Å²) in [5.41, 5.74) is 7.11. The van der Waals surface area contributed by atoms with Crippen LogP contribution in [0, 0.1) is 0 Å². The number of nitrogens with two attached hydrogens (primary N) is 1. The van der Waals surface area contributed by atoms with E-state index < -0.39 is 48.3 Å². The molecular formula is C28H29N7O8. The number of benzene rings is 2. The average molecular weight is 592 g/mol. The molecule has 0 bridgehead atoms. The van der Waals surface area contributed by atoms with Gasteiger partial charge in [0.15, 0.2) is 18.1 Å². The van der Waals surface area contributed by atoms with Gasteiger partial charge in [0.1, 0.15) is 36.0 Å². The number of ether oxygens (including phenoxy) is 2. The first-order valence-electron chi connectivity index (χ1n) is 13.2. The Labute approximate surface area is 244 Å². The van der Waals surface area contributed by atoms with Crippen molar-refractivity contribution in [3.05, 3.63) is 84.1 Å². The molecule has 5 atom stereocenters. The maximum absolute atomic E-state index is 13.3. The monoisotopic (exact) mass is 591 g/mol. The van der Waals surface area contributed by atoms with E-state index >= 15 is 0 Å². The highest BCUT2D eigenvalue weighted by molar-refractivity contribution is 5.90. The number of aliphatic hydroxyl groups is 2. The molecule has 1 fully saturated rings. The molecule has 3 amide bonds. The number of aromatic nitrogens is 4. The first kappa shape index (κ1) is 29.4. The molecule has 15 heteroatoms. The van der Waals surface area contributed by atoms with Crippen molar-refractivity contribution in [1.29, 1.82) is 0 Å². The Bertz CT molecular complexity index is 1590. The topological polar surface area (TPSA) is 217 Å². The summed E-state index contributed by atoms with van der Waals surface area (Å²) in [6, 6.07) is 16.8. The summed E-state index contributed by atoms with van der Waals surface area (Å²) in [5.74, 6) is -1.49. The van der Waals surface area contributed by atoms with Gasteiger partial charge in [0.05, 0.1) is 13.7 Å². The average Bonchev–Trinajstić information content (AvgIpc) is 3.76. The van der Waals surface area contributed by atoms with Crippen molar-refractivity contribution in [1.82, 2.24) is 30.6 Å². The van der Waals surface area contributed by atoms with Gasteiger partial charge in [-0.05, 0) is 17.7 Å². The smallest absolute Gasteiger partial charge is 0.288 e. The molecule has 0 radical (unpaired) electrons. The number of amides is 3. The number of carbonyl (C=O) groups excluding carboxylic acids is 3. The predicted octanol–water partition coefficient (Wildman–Crippen LogP) is -0.296. The van der Waals surface area contributed by atoms with Gasteiger partial charge in [0, 0.05) is 18.1 Å². The van der Waals surface area contributed by atoms with E-state index in [9.17, 15) is 24.6 Å². The van der Waals surface area contributed by atoms with Crippen molar-refractivity contribution < 1.29 is 38.6 Å². The summed E-state index contributed by atoms with van der Waals surface area (Å²) in [5, 5.41) is 34.3. The van der Waals surface area contributed by atoms with Gasteiger partial charge >= 0.3 is 0 Å². The number of methoxy groups -OCH3 is 1. The van der Waals surface area contributed by atoms with Crippen molar-refractivity contribution >= 4 is 17.7 Å². The number of primary amides is 1. The number of hydrogen-bond acceptors (Lipinski definition) is 11. The molecule has 1 aliphatic heterocycles. The summed E-state index contributed by atoms with van der Waals surface area (Å²) in [7, 11) is 1.56. The number of nitrogens with zero attached hydrogens (tertiary/aromatic N) is 4. The van der Waals surface area contributed by atoms with Gasteiger partial charge in [-0.25, -0.2) is 9.67 Å². The minimum absolute atomic E-state index is 0.00526. The van der Waals surface area contributed by atoms with E-state index in [0.29, 0.717) is 17.2 Å². The van der Waals surface area contributed by atoms with Gasteiger partial charge < -0.3 is 40.6 Å². The summed E-state index contributed by atoms with van der Waals surface area (Å²) >= 11 is 0. The first-order valence-corrected chi connectivity index (χ1v) is 13.2. The highest BCUT2D eigenvalue weighted by Crippen LogP contribution is 2.29. The molecule has 2 aromatic carbocycles.